The van der Waals surface area contributed by atoms with E-state index in [-0.39, 0.29) is 11.3 Å². The fraction of sp³-hybridized carbons (Fsp3) is 0.308. The number of nitrogens with one attached hydrogen (secondary N) is 1. The van der Waals surface area contributed by atoms with Crippen LogP contribution in [0, 0.1) is 6.92 Å². The first-order valence-corrected chi connectivity index (χ1v) is 6.12. The second kappa shape index (κ2) is 5.55. The van der Waals surface area contributed by atoms with Crippen molar-refractivity contribution >= 4 is 11.6 Å². The van der Waals surface area contributed by atoms with E-state index in [9.17, 15) is 18.0 Å². The van der Waals surface area contributed by atoms with Gasteiger partial charge in [-0.25, -0.2) is 9.67 Å². The molecule has 0 fully saturated rings. The van der Waals surface area contributed by atoms with Gasteiger partial charge in [-0.3, -0.25) is 4.79 Å². The number of carbonyl (C=O) groups is 1. The molecule has 112 valence electrons. The minimum Gasteiger partial charge on any atom is -0.324 e. The van der Waals surface area contributed by atoms with Crippen molar-refractivity contribution in [1.29, 1.82) is 0 Å². The van der Waals surface area contributed by atoms with Gasteiger partial charge in [-0.15, -0.1) is 0 Å². The number of carbonyl (C=O) groups excluding carboxylic acids is 1. The van der Waals surface area contributed by atoms with Crippen molar-refractivity contribution in [2.24, 2.45) is 0 Å². The highest BCUT2D eigenvalue weighted by atomic mass is 19.4. The van der Waals surface area contributed by atoms with Crippen LogP contribution in [0.5, 0.6) is 0 Å². The smallest absolute Gasteiger partial charge is 0.324 e. The van der Waals surface area contributed by atoms with Crippen molar-refractivity contribution in [2.75, 3.05) is 5.32 Å². The first kappa shape index (κ1) is 15.0. The first-order chi connectivity index (χ1) is 9.79. The minimum absolute atomic E-state index is 0.0879. The molecule has 1 N–H and O–H groups in total. The Morgan fingerprint density at radius 3 is 2.67 bits per heavy atom. The normalized spacial score (nSPS) is 13.0. The van der Waals surface area contributed by atoms with Crippen molar-refractivity contribution in [3.05, 3.63) is 42.0 Å². The number of hydrogen-bond acceptors (Lipinski definition) is 3. The van der Waals surface area contributed by atoms with Crippen LogP contribution in [0.15, 0.2) is 30.9 Å². The number of halogens is 3. The van der Waals surface area contributed by atoms with Crippen LogP contribution in [0.2, 0.25) is 0 Å². The lowest BCUT2D eigenvalue weighted by Crippen LogP contribution is -2.24. The van der Waals surface area contributed by atoms with E-state index in [1.807, 2.05) is 0 Å². The summed E-state index contributed by atoms with van der Waals surface area (Å²) in [6, 6.07) is 2.99. The predicted octanol–water partition coefficient (Wildman–Crippen LogP) is 2.81. The Hall–Kier alpha value is -2.38. The number of anilines is 1. The number of nitrogens with zero attached hydrogens (tertiary/aromatic N) is 3. The minimum atomic E-state index is -4.46. The summed E-state index contributed by atoms with van der Waals surface area (Å²) in [4.78, 5) is 15.7. The fourth-order valence-corrected chi connectivity index (χ4v) is 1.79. The van der Waals surface area contributed by atoms with Crippen LogP contribution in [0.4, 0.5) is 18.9 Å². The molecule has 0 radical (unpaired) electrons. The summed E-state index contributed by atoms with van der Waals surface area (Å²) in [5.74, 6) is -0.475. The van der Waals surface area contributed by atoms with E-state index in [2.05, 4.69) is 15.4 Å². The highest BCUT2D eigenvalue weighted by Gasteiger charge is 2.32. The Balaban J connectivity index is 2.18. The van der Waals surface area contributed by atoms with Gasteiger partial charge in [-0.05, 0) is 31.5 Å². The van der Waals surface area contributed by atoms with Gasteiger partial charge in [0.15, 0.2) is 0 Å². The molecule has 0 aliphatic rings. The zero-order valence-corrected chi connectivity index (χ0v) is 11.3. The molecule has 0 aliphatic heterocycles. The molecule has 0 bridgehead atoms. The van der Waals surface area contributed by atoms with Gasteiger partial charge in [0.25, 0.3) is 0 Å². The summed E-state index contributed by atoms with van der Waals surface area (Å²) < 4.78 is 39.8. The summed E-state index contributed by atoms with van der Waals surface area (Å²) in [6.45, 7) is 2.94. The first-order valence-electron chi connectivity index (χ1n) is 6.12. The number of rotatable bonds is 3. The lowest BCUT2D eigenvalue weighted by atomic mass is 10.1. The maximum atomic E-state index is 12.8. The average molecular weight is 298 g/mol. The third-order valence-electron chi connectivity index (χ3n) is 3.02. The molecular weight excluding hydrogens is 285 g/mol. The number of aryl methyl sites for hydroxylation is 1. The van der Waals surface area contributed by atoms with Crippen LogP contribution in [-0.2, 0) is 11.0 Å². The lowest BCUT2D eigenvalue weighted by molar-refractivity contribution is -0.138. The quantitative estimate of drug-likeness (QED) is 0.948. The summed E-state index contributed by atoms with van der Waals surface area (Å²) in [5.41, 5.74) is -0.580. The zero-order chi connectivity index (χ0) is 15.6. The third-order valence-corrected chi connectivity index (χ3v) is 3.02. The Bertz CT molecular complexity index is 637. The van der Waals surface area contributed by atoms with Crippen LogP contribution >= 0.6 is 0 Å². The summed E-state index contributed by atoms with van der Waals surface area (Å²) >= 11 is 0. The van der Waals surface area contributed by atoms with E-state index < -0.39 is 23.7 Å². The van der Waals surface area contributed by atoms with Gasteiger partial charge in [0.05, 0.1) is 5.56 Å². The molecule has 1 aromatic carbocycles. The molecule has 1 heterocycles. The Kier molecular flexibility index (Phi) is 3.97. The van der Waals surface area contributed by atoms with E-state index in [0.29, 0.717) is 0 Å². The van der Waals surface area contributed by atoms with Gasteiger partial charge in [0.1, 0.15) is 18.7 Å². The molecule has 1 amide bonds. The molecule has 1 atom stereocenters. The van der Waals surface area contributed by atoms with Crippen molar-refractivity contribution in [3.63, 3.8) is 0 Å². The molecule has 8 heteroatoms. The highest BCUT2D eigenvalue weighted by Crippen LogP contribution is 2.33. The van der Waals surface area contributed by atoms with Crippen LogP contribution in [0.3, 0.4) is 0 Å². The summed E-state index contributed by atoms with van der Waals surface area (Å²) in [7, 11) is 0. The van der Waals surface area contributed by atoms with Crippen molar-refractivity contribution in [3.8, 4) is 0 Å². The Morgan fingerprint density at radius 1 is 1.38 bits per heavy atom. The maximum Gasteiger partial charge on any atom is 0.416 e. The van der Waals surface area contributed by atoms with Crippen LogP contribution in [-0.4, -0.2) is 20.7 Å². The molecule has 0 saturated heterocycles. The molecule has 2 aromatic rings. The number of benzene rings is 1. The number of amides is 1. The number of aromatic nitrogens is 3. The number of hydrogen-bond donors (Lipinski definition) is 1. The second-order valence-electron chi connectivity index (χ2n) is 4.57. The third kappa shape index (κ3) is 3.39. The standard InChI is InChI=1S/C13H13F3N4O/c1-8-3-4-10(5-11(8)13(14,15)16)19-12(21)9(2)20-7-17-6-18-20/h3-7,9H,1-2H3,(H,19,21). The van der Waals surface area contributed by atoms with Crippen molar-refractivity contribution in [1.82, 2.24) is 14.8 Å². The summed E-state index contributed by atoms with van der Waals surface area (Å²) in [5, 5.41) is 6.26. The van der Waals surface area contributed by atoms with Crippen molar-refractivity contribution < 1.29 is 18.0 Å². The van der Waals surface area contributed by atoms with Gasteiger partial charge in [0.2, 0.25) is 5.91 Å². The molecular formula is C13H13F3N4O. The Labute approximate surface area is 118 Å². The largest absolute Gasteiger partial charge is 0.416 e. The second-order valence-corrected chi connectivity index (χ2v) is 4.57. The lowest BCUT2D eigenvalue weighted by Gasteiger charge is -2.15. The van der Waals surface area contributed by atoms with E-state index in [0.717, 1.165) is 6.07 Å². The fourth-order valence-electron chi connectivity index (χ4n) is 1.79. The SMILES string of the molecule is Cc1ccc(NC(=O)C(C)n2cncn2)cc1C(F)(F)F. The van der Waals surface area contributed by atoms with E-state index in [1.165, 1.54) is 36.4 Å². The van der Waals surface area contributed by atoms with Crippen molar-refractivity contribution in [2.45, 2.75) is 26.1 Å². The molecule has 21 heavy (non-hydrogen) atoms. The molecule has 1 aromatic heterocycles. The van der Waals surface area contributed by atoms with Crippen LogP contribution in [0.25, 0.3) is 0 Å². The van der Waals surface area contributed by atoms with Gasteiger partial charge in [-0.2, -0.15) is 18.3 Å². The van der Waals surface area contributed by atoms with Gasteiger partial charge < -0.3 is 5.32 Å². The van der Waals surface area contributed by atoms with E-state index in [4.69, 9.17) is 0 Å². The monoisotopic (exact) mass is 298 g/mol. The molecule has 5 nitrogen and oxygen atoms in total. The van der Waals surface area contributed by atoms with Gasteiger partial charge in [-0.1, -0.05) is 6.07 Å². The summed E-state index contributed by atoms with van der Waals surface area (Å²) in [6.07, 6.45) is -1.82. The van der Waals surface area contributed by atoms with E-state index >= 15 is 0 Å². The van der Waals surface area contributed by atoms with Gasteiger partial charge in [0, 0.05) is 5.69 Å². The predicted molar refractivity (Wildman–Crippen MR) is 69.5 cm³/mol. The van der Waals surface area contributed by atoms with Gasteiger partial charge >= 0.3 is 6.18 Å². The highest BCUT2D eigenvalue weighted by molar-refractivity contribution is 5.93. The molecule has 1 unspecified atom stereocenters. The van der Waals surface area contributed by atoms with E-state index in [1.54, 1.807) is 6.92 Å². The Morgan fingerprint density at radius 2 is 2.10 bits per heavy atom. The molecule has 2 rings (SSSR count). The zero-order valence-electron chi connectivity index (χ0n) is 11.3. The average Bonchev–Trinajstić information content (AvgIpc) is 2.92. The molecule has 0 aliphatic carbocycles. The number of alkyl halides is 3. The van der Waals surface area contributed by atoms with Crippen LogP contribution in [0.1, 0.15) is 24.1 Å². The molecule has 0 saturated carbocycles. The maximum absolute atomic E-state index is 12.8. The molecule has 0 spiro atoms. The van der Waals surface area contributed by atoms with Crippen LogP contribution < -0.4 is 5.32 Å². The topological polar surface area (TPSA) is 59.8 Å².